The van der Waals surface area contributed by atoms with Gasteiger partial charge in [-0.1, -0.05) is 12.1 Å². The molecule has 2 aromatic rings. The maximum Gasteiger partial charge on any atom is 0.249 e. The number of benzene rings is 1. The Bertz CT molecular complexity index is 532. The maximum atomic E-state index is 11.3. The van der Waals surface area contributed by atoms with Gasteiger partial charge in [0.25, 0.3) is 0 Å². The third-order valence-corrected chi connectivity index (χ3v) is 2.42. The number of aromatic nitrogens is 2. The Morgan fingerprint density at radius 3 is 2.81 bits per heavy atom. The van der Waals surface area contributed by atoms with Crippen molar-refractivity contribution in [3.8, 4) is 11.3 Å². The van der Waals surface area contributed by atoms with Crippen LogP contribution in [-0.4, -0.2) is 16.3 Å². The van der Waals surface area contributed by atoms with Crippen molar-refractivity contribution in [3.63, 3.8) is 0 Å². The highest BCUT2D eigenvalue weighted by atomic mass is 16.5. The molecule has 16 heavy (non-hydrogen) atoms. The van der Waals surface area contributed by atoms with Gasteiger partial charge in [-0.2, -0.15) is 0 Å². The smallest absolute Gasteiger partial charge is 0.249 e. The normalized spacial score (nSPS) is 10.4. The molecule has 0 saturated heterocycles. The molecule has 0 aliphatic carbocycles. The minimum atomic E-state index is -0.503. The first-order chi connectivity index (χ1) is 7.61. The zero-order valence-electron chi connectivity index (χ0n) is 8.73. The third-order valence-electron chi connectivity index (χ3n) is 2.42. The minimum Gasteiger partial charge on any atom is -0.366 e. The molecular weight excluding hydrogens is 206 g/mol. The fourth-order valence-corrected chi connectivity index (χ4v) is 1.66. The van der Waals surface area contributed by atoms with Gasteiger partial charge < -0.3 is 10.3 Å². The highest BCUT2D eigenvalue weighted by molar-refractivity contribution is 5.97. The van der Waals surface area contributed by atoms with Gasteiger partial charge in [0.15, 0.2) is 5.76 Å². The maximum absolute atomic E-state index is 11.3. The first-order valence-corrected chi connectivity index (χ1v) is 4.64. The van der Waals surface area contributed by atoms with Gasteiger partial charge in [-0.15, -0.1) is 5.10 Å². The molecule has 2 N–H and O–H groups in total. The summed E-state index contributed by atoms with van der Waals surface area (Å²) in [5.41, 5.74) is 7.77. The van der Waals surface area contributed by atoms with E-state index in [1.807, 2.05) is 0 Å². The zero-order chi connectivity index (χ0) is 11.7. The van der Waals surface area contributed by atoms with Gasteiger partial charge in [0.2, 0.25) is 5.91 Å². The largest absolute Gasteiger partial charge is 0.366 e. The average Bonchev–Trinajstić information content (AvgIpc) is 2.70. The lowest BCUT2D eigenvalue weighted by Crippen LogP contribution is -2.15. The van der Waals surface area contributed by atoms with Crippen LogP contribution in [0.3, 0.4) is 0 Å². The summed E-state index contributed by atoms with van der Waals surface area (Å²) in [7, 11) is 0. The Balaban J connectivity index is 2.66. The van der Waals surface area contributed by atoms with Crippen LogP contribution in [0.15, 0.2) is 22.9 Å². The van der Waals surface area contributed by atoms with Crippen LogP contribution in [0.1, 0.15) is 21.5 Å². The fourth-order valence-electron chi connectivity index (χ4n) is 1.66. The summed E-state index contributed by atoms with van der Waals surface area (Å²) in [6, 6.07) is 3.51. The van der Waals surface area contributed by atoms with E-state index in [1.54, 1.807) is 19.1 Å². The number of carbonyl (C=O) groups is 1. The van der Waals surface area contributed by atoms with E-state index in [2.05, 4.69) is 17.3 Å². The highest BCUT2D eigenvalue weighted by Gasteiger charge is 2.15. The zero-order valence-corrected chi connectivity index (χ0v) is 8.73. The highest BCUT2D eigenvalue weighted by Crippen LogP contribution is 2.26. The molecule has 0 bridgehead atoms. The molecule has 1 aromatic carbocycles. The molecule has 0 atom stereocenters. The second kappa shape index (κ2) is 3.77. The van der Waals surface area contributed by atoms with Crippen LogP contribution in [-0.2, 0) is 0 Å². The van der Waals surface area contributed by atoms with Crippen molar-refractivity contribution in [3.05, 3.63) is 41.9 Å². The predicted molar refractivity (Wildman–Crippen MR) is 57.4 cm³/mol. The molecule has 1 heterocycles. The molecule has 81 valence electrons. The summed E-state index contributed by atoms with van der Waals surface area (Å²) in [6.45, 7) is 5.55. The summed E-state index contributed by atoms with van der Waals surface area (Å²) in [4.78, 5) is 11.3. The summed E-state index contributed by atoms with van der Waals surface area (Å²) >= 11 is 0. The van der Waals surface area contributed by atoms with E-state index < -0.39 is 5.91 Å². The number of hydrogen-bond donors (Lipinski definition) is 1. The van der Waals surface area contributed by atoms with Crippen molar-refractivity contribution in [1.29, 1.82) is 0 Å². The first kappa shape index (κ1) is 10.4. The van der Waals surface area contributed by atoms with E-state index in [0.717, 1.165) is 11.1 Å². The van der Waals surface area contributed by atoms with Gasteiger partial charge in [-0.3, -0.25) is 4.79 Å². The van der Waals surface area contributed by atoms with E-state index >= 15 is 0 Å². The third kappa shape index (κ3) is 1.56. The second-order valence-corrected chi connectivity index (χ2v) is 3.42. The van der Waals surface area contributed by atoms with Crippen molar-refractivity contribution in [2.75, 3.05) is 0 Å². The van der Waals surface area contributed by atoms with Crippen LogP contribution in [0.25, 0.3) is 11.3 Å². The monoisotopic (exact) mass is 216 g/mol. The number of rotatable bonds is 2. The molecule has 2 rings (SSSR count). The molecule has 0 saturated carbocycles. The Hall–Kier alpha value is -2.17. The molecular formula is C11H10N3O2. The van der Waals surface area contributed by atoms with Gasteiger partial charge in [0, 0.05) is 16.4 Å². The van der Waals surface area contributed by atoms with Crippen molar-refractivity contribution >= 4 is 5.91 Å². The van der Waals surface area contributed by atoms with Gasteiger partial charge in [0.1, 0.15) is 0 Å². The Labute approximate surface area is 92.2 Å². The van der Waals surface area contributed by atoms with Crippen LogP contribution in [0.5, 0.6) is 0 Å². The summed E-state index contributed by atoms with van der Waals surface area (Å²) in [6.07, 6.45) is 1.48. The predicted octanol–water partition coefficient (Wildman–Crippen LogP) is 1.33. The van der Waals surface area contributed by atoms with E-state index in [1.165, 1.54) is 6.20 Å². The second-order valence-electron chi connectivity index (χ2n) is 3.42. The van der Waals surface area contributed by atoms with Crippen LogP contribution in [0.4, 0.5) is 0 Å². The number of primary amides is 1. The first-order valence-electron chi connectivity index (χ1n) is 4.64. The van der Waals surface area contributed by atoms with Crippen LogP contribution < -0.4 is 5.73 Å². The summed E-state index contributed by atoms with van der Waals surface area (Å²) in [5.74, 6) is -0.00294. The van der Waals surface area contributed by atoms with Crippen molar-refractivity contribution in [2.24, 2.45) is 5.73 Å². The Morgan fingerprint density at radius 1 is 1.50 bits per heavy atom. The molecule has 1 aromatic heterocycles. The Morgan fingerprint density at radius 2 is 2.25 bits per heavy atom. The van der Waals surface area contributed by atoms with Crippen LogP contribution in [0.2, 0.25) is 0 Å². The lowest BCUT2D eigenvalue weighted by Gasteiger charge is -2.09. The van der Waals surface area contributed by atoms with Gasteiger partial charge in [-0.25, -0.2) is 0 Å². The van der Waals surface area contributed by atoms with Crippen LogP contribution in [0, 0.1) is 13.8 Å². The van der Waals surface area contributed by atoms with E-state index in [-0.39, 0.29) is 0 Å². The lowest BCUT2D eigenvalue weighted by molar-refractivity contribution is 0.0999. The van der Waals surface area contributed by atoms with Crippen LogP contribution >= 0.6 is 0 Å². The molecule has 0 unspecified atom stereocenters. The number of carbonyl (C=O) groups excluding carboxylic acids is 1. The average molecular weight is 216 g/mol. The molecule has 1 radical (unpaired) electrons. The fraction of sp³-hybridized carbons (Fsp3) is 0.0909. The number of amides is 1. The van der Waals surface area contributed by atoms with E-state index in [9.17, 15) is 4.79 Å². The van der Waals surface area contributed by atoms with E-state index in [0.29, 0.717) is 16.9 Å². The molecule has 5 nitrogen and oxygen atoms in total. The quantitative estimate of drug-likeness (QED) is 0.820. The topological polar surface area (TPSA) is 82.0 Å². The molecule has 0 fully saturated rings. The molecule has 0 spiro atoms. The lowest BCUT2D eigenvalue weighted by atomic mass is 9.96. The molecule has 0 aliphatic heterocycles. The minimum absolute atomic E-state index is 0.411. The van der Waals surface area contributed by atoms with Crippen molar-refractivity contribution < 1.29 is 9.32 Å². The number of nitrogens with zero attached hydrogens (tertiary/aromatic N) is 2. The van der Waals surface area contributed by atoms with Gasteiger partial charge in [0.05, 0.1) is 6.20 Å². The molecule has 5 heteroatoms. The number of nitrogens with two attached hydrogens (primary N) is 1. The molecule has 1 amide bonds. The standard InChI is InChI=1S/C11H10N3O2/c1-6-3-4-8(9-5-13-14-16-9)7(2)10(6)11(12)15/h3-5H,1H2,2H3,(H2,12,15). The Kier molecular flexibility index (Phi) is 2.44. The summed E-state index contributed by atoms with van der Waals surface area (Å²) < 4.78 is 4.94. The number of hydrogen-bond acceptors (Lipinski definition) is 4. The molecule has 0 aliphatic rings. The van der Waals surface area contributed by atoms with E-state index in [4.69, 9.17) is 10.3 Å². The van der Waals surface area contributed by atoms with Crippen molar-refractivity contribution in [1.82, 2.24) is 10.4 Å². The van der Waals surface area contributed by atoms with Crippen molar-refractivity contribution in [2.45, 2.75) is 6.92 Å². The SMILES string of the molecule is [CH2]c1ccc(-c2cnno2)c(C)c1C(N)=O. The van der Waals surface area contributed by atoms with Gasteiger partial charge >= 0.3 is 0 Å². The van der Waals surface area contributed by atoms with Gasteiger partial charge in [-0.05, 0) is 25.0 Å². The summed E-state index contributed by atoms with van der Waals surface area (Å²) in [5, 5.41) is 6.97.